The van der Waals surface area contributed by atoms with Gasteiger partial charge in [-0.25, -0.2) is 14.4 Å². The summed E-state index contributed by atoms with van der Waals surface area (Å²) in [5.41, 5.74) is 3.45. The number of imidazole rings is 1. The van der Waals surface area contributed by atoms with E-state index in [4.69, 9.17) is 0 Å². The fourth-order valence-corrected chi connectivity index (χ4v) is 4.56. The van der Waals surface area contributed by atoms with Gasteiger partial charge in [0.15, 0.2) is 10.3 Å². The summed E-state index contributed by atoms with van der Waals surface area (Å²) < 4.78 is 16.4. The molecule has 2 heterocycles. The van der Waals surface area contributed by atoms with Gasteiger partial charge in [0.05, 0.1) is 23.3 Å². The van der Waals surface area contributed by atoms with Crippen molar-refractivity contribution in [3.8, 4) is 16.9 Å². The van der Waals surface area contributed by atoms with Gasteiger partial charge in [-0.3, -0.25) is 9.36 Å². The van der Waals surface area contributed by atoms with Crippen LogP contribution in [0.3, 0.4) is 0 Å². The lowest BCUT2D eigenvalue weighted by molar-refractivity contribution is -0.113. The second-order valence-electron chi connectivity index (χ2n) is 6.38. The van der Waals surface area contributed by atoms with Crippen LogP contribution in [0.15, 0.2) is 69.7 Å². The number of nitrogens with one attached hydrogen (secondary N) is 1. The van der Waals surface area contributed by atoms with E-state index in [1.165, 1.54) is 35.2 Å². The third kappa shape index (κ3) is 4.80. The van der Waals surface area contributed by atoms with Crippen molar-refractivity contribution in [2.24, 2.45) is 0 Å². The van der Waals surface area contributed by atoms with Gasteiger partial charge in [-0.1, -0.05) is 39.8 Å². The first kappa shape index (κ1) is 20.8. The molecule has 152 valence electrons. The zero-order valence-corrected chi connectivity index (χ0v) is 19.0. The van der Waals surface area contributed by atoms with Crippen LogP contribution in [-0.4, -0.2) is 26.2 Å². The quantitative estimate of drug-likeness (QED) is 0.331. The fraction of sp³-hybridized carbons (Fsp3) is 0.0952. The molecule has 0 bridgehead atoms. The van der Waals surface area contributed by atoms with Crippen LogP contribution in [0.25, 0.3) is 16.9 Å². The smallest absolute Gasteiger partial charge is 0.236 e. The normalized spacial score (nSPS) is 10.9. The van der Waals surface area contributed by atoms with Crippen molar-refractivity contribution in [3.63, 3.8) is 0 Å². The van der Waals surface area contributed by atoms with Gasteiger partial charge >= 0.3 is 0 Å². The van der Waals surface area contributed by atoms with Crippen LogP contribution >= 0.6 is 39.0 Å². The molecule has 30 heavy (non-hydrogen) atoms. The molecule has 0 radical (unpaired) electrons. The summed E-state index contributed by atoms with van der Waals surface area (Å²) >= 11 is 6.15. The summed E-state index contributed by atoms with van der Waals surface area (Å²) in [7, 11) is 0. The van der Waals surface area contributed by atoms with Crippen LogP contribution < -0.4 is 5.32 Å². The highest BCUT2D eigenvalue weighted by molar-refractivity contribution is 9.10. The molecule has 0 fully saturated rings. The highest BCUT2D eigenvalue weighted by Gasteiger charge is 2.16. The number of nitrogens with zero attached hydrogens (tertiary/aromatic N) is 3. The monoisotopic (exact) mass is 502 g/mol. The largest absolute Gasteiger partial charge is 0.301 e. The minimum absolute atomic E-state index is 0.159. The average Bonchev–Trinajstić information content (AvgIpc) is 3.34. The van der Waals surface area contributed by atoms with E-state index in [1.807, 2.05) is 41.1 Å². The molecule has 0 unspecified atom stereocenters. The Balaban J connectivity index is 1.61. The number of hydrogen-bond donors (Lipinski definition) is 1. The maximum atomic E-state index is 13.5. The van der Waals surface area contributed by atoms with Gasteiger partial charge in [0.1, 0.15) is 5.82 Å². The predicted octanol–water partition coefficient (Wildman–Crippen LogP) is 5.94. The van der Waals surface area contributed by atoms with E-state index in [-0.39, 0.29) is 17.5 Å². The molecule has 1 amide bonds. The van der Waals surface area contributed by atoms with E-state index in [0.29, 0.717) is 10.3 Å². The second kappa shape index (κ2) is 9.11. The molecule has 5 nitrogen and oxygen atoms in total. The predicted molar refractivity (Wildman–Crippen MR) is 123 cm³/mol. The van der Waals surface area contributed by atoms with Crippen molar-refractivity contribution < 1.29 is 9.18 Å². The lowest BCUT2D eigenvalue weighted by Gasteiger charge is -2.12. The van der Waals surface area contributed by atoms with E-state index in [1.54, 1.807) is 18.3 Å². The Labute approximate surface area is 189 Å². The summed E-state index contributed by atoms with van der Waals surface area (Å²) in [6.45, 7) is 1.88. The molecule has 0 aliphatic rings. The molecule has 4 rings (SSSR count). The Morgan fingerprint density at radius 3 is 2.60 bits per heavy atom. The third-order valence-electron chi connectivity index (χ3n) is 4.15. The molecular formula is C21H16BrFN4OS2. The molecule has 9 heteroatoms. The van der Waals surface area contributed by atoms with Crippen LogP contribution in [0.2, 0.25) is 0 Å². The summed E-state index contributed by atoms with van der Waals surface area (Å²) in [4.78, 5) is 21.1. The fourth-order valence-electron chi connectivity index (χ4n) is 2.80. The molecule has 2 aromatic heterocycles. The Kier molecular flexibility index (Phi) is 6.31. The molecule has 1 N–H and O–H groups in total. The minimum atomic E-state index is -0.309. The number of carbonyl (C=O) groups is 1. The molecule has 4 aromatic rings. The number of aromatic nitrogens is 3. The number of amides is 1. The highest BCUT2D eigenvalue weighted by Crippen LogP contribution is 2.31. The summed E-state index contributed by atoms with van der Waals surface area (Å²) in [6.07, 6.45) is 1.76. The number of thiazole rings is 1. The zero-order valence-electron chi connectivity index (χ0n) is 15.8. The minimum Gasteiger partial charge on any atom is -0.301 e. The van der Waals surface area contributed by atoms with E-state index >= 15 is 0 Å². The van der Waals surface area contributed by atoms with Crippen molar-refractivity contribution in [1.82, 2.24) is 14.5 Å². The Hall–Kier alpha value is -2.49. The average molecular weight is 503 g/mol. The number of hydrogen-bond acceptors (Lipinski definition) is 5. The van der Waals surface area contributed by atoms with Gasteiger partial charge in [0.25, 0.3) is 0 Å². The number of anilines is 1. The molecule has 0 saturated carbocycles. The lowest BCUT2D eigenvalue weighted by atomic mass is 10.1. The van der Waals surface area contributed by atoms with Crippen molar-refractivity contribution in [3.05, 3.63) is 76.1 Å². The topological polar surface area (TPSA) is 59.8 Å². The molecule has 2 aromatic carbocycles. The molecule has 0 atom stereocenters. The van der Waals surface area contributed by atoms with Gasteiger partial charge in [-0.2, -0.15) is 0 Å². The Bertz CT molecular complexity index is 1170. The molecule has 0 aliphatic heterocycles. The van der Waals surface area contributed by atoms with Crippen LogP contribution in [0.5, 0.6) is 0 Å². The van der Waals surface area contributed by atoms with E-state index in [9.17, 15) is 9.18 Å². The van der Waals surface area contributed by atoms with Gasteiger partial charge < -0.3 is 5.32 Å². The van der Waals surface area contributed by atoms with Gasteiger partial charge in [0.2, 0.25) is 5.91 Å². The number of halogens is 2. The van der Waals surface area contributed by atoms with Crippen LogP contribution in [0, 0.1) is 12.7 Å². The standard InChI is InChI=1S/C21H16BrFN4OS2/c1-13-11-29-20(25-13)26-19(28)12-30-21-24-10-18(14-2-4-15(22)5-3-14)27(21)17-8-6-16(23)7-9-17/h2-11H,12H2,1H3,(H,25,26,28). The van der Waals surface area contributed by atoms with Crippen LogP contribution in [0.1, 0.15) is 5.69 Å². The molecule has 0 saturated heterocycles. The zero-order chi connectivity index (χ0) is 21.1. The van der Waals surface area contributed by atoms with Gasteiger partial charge in [0, 0.05) is 21.1 Å². The first-order chi connectivity index (χ1) is 14.5. The maximum Gasteiger partial charge on any atom is 0.236 e. The number of thioether (sulfide) groups is 1. The lowest BCUT2D eigenvalue weighted by Crippen LogP contribution is -2.14. The van der Waals surface area contributed by atoms with E-state index in [2.05, 4.69) is 31.2 Å². The van der Waals surface area contributed by atoms with Crippen molar-refractivity contribution >= 4 is 50.1 Å². The first-order valence-electron chi connectivity index (χ1n) is 8.94. The Morgan fingerprint density at radius 1 is 1.20 bits per heavy atom. The highest BCUT2D eigenvalue weighted by atomic mass is 79.9. The van der Waals surface area contributed by atoms with Crippen LogP contribution in [0.4, 0.5) is 9.52 Å². The van der Waals surface area contributed by atoms with Crippen LogP contribution in [-0.2, 0) is 4.79 Å². The third-order valence-corrected chi connectivity index (χ3v) is 6.51. The number of rotatable bonds is 6. The van der Waals surface area contributed by atoms with Crippen molar-refractivity contribution in [2.75, 3.05) is 11.1 Å². The Morgan fingerprint density at radius 2 is 1.93 bits per heavy atom. The van der Waals surface area contributed by atoms with Gasteiger partial charge in [-0.05, 0) is 43.3 Å². The van der Waals surface area contributed by atoms with E-state index < -0.39 is 0 Å². The SMILES string of the molecule is Cc1csc(NC(=O)CSc2ncc(-c3ccc(Br)cc3)n2-c2ccc(F)cc2)n1. The number of benzene rings is 2. The maximum absolute atomic E-state index is 13.5. The molecular weight excluding hydrogens is 487 g/mol. The van der Waals surface area contributed by atoms with Crippen molar-refractivity contribution in [2.45, 2.75) is 12.1 Å². The molecule has 0 spiro atoms. The summed E-state index contributed by atoms with van der Waals surface area (Å²) in [5.74, 6) is -0.291. The van der Waals surface area contributed by atoms with Gasteiger partial charge in [-0.15, -0.1) is 11.3 Å². The second-order valence-corrected chi connectivity index (χ2v) is 9.09. The summed E-state index contributed by atoms with van der Waals surface area (Å²) in [5, 5.41) is 5.91. The molecule has 0 aliphatic carbocycles. The first-order valence-corrected chi connectivity index (χ1v) is 11.6. The summed E-state index contributed by atoms with van der Waals surface area (Å²) in [6, 6.07) is 14.1. The number of aryl methyl sites for hydroxylation is 1. The van der Waals surface area contributed by atoms with E-state index in [0.717, 1.165) is 27.1 Å². The number of carbonyl (C=O) groups excluding carboxylic acids is 1. The van der Waals surface area contributed by atoms with Crippen molar-refractivity contribution in [1.29, 1.82) is 0 Å².